The highest BCUT2D eigenvalue weighted by atomic mass is 16.6. The maximum atomic E-state index is 12.4. The van der Waals surface area contributed by atoms with Gasteiger partial charge in [0.1, 0.15) is 5.60 Å². The third-order valence-electron chi connectivity index (χ3n) is 4.08. The molecular weight excluding hydrogens is 306 g/mol. The minimum Gasteiger partial charge on any atom is -0.466 e. The van der Waals surface area contributed by atoms with E-state index < -0.39 is 5.60 Å². The van der Waals surface area contributed by atoms with E-state index in [9.17, 15) is 9.59 Å². The number of carbonyl (C=O) groups is 2. The van der Waals surface area contributed by atoms with Gasteiger partial charge in [-0.3, -0.25) is 4.79 Å². The maximum Gasteiger partial charge on any atom is 0.410 e. The van der Waals surface area contributed by atoms with Crippen LogP contribution in [-0.2, 0) is 14.3 Å². The SMILES string of the molecule is CCOC(=O)[C@H]1CN(C(=O)OC(C)(C)C)CC[C@H]1c1ccccc1. The van der Waals surface area contributed by atoms with Crippen molar-refractivity contribution < 1.29 is 19.1 Å². The Morgan fingerprint density at radius 2 is 1.88 bits per heavy atom. The van der Waals surface area contributed by atoms with E-state index in [0.29, 0.717) is 26.1 Å². The van der Waals surface area contributed by atoms with E-state index in [1.54, 1.807) is 11.8 Å². The van der Waals surface area contributed by atoms with Gasteiger partial charge in [0, 0.05) is 19.0 Å². The number of rotatable bonds is 3. The van der Waals surface area contributed by atoms with E-state index in [-0.39, 0.29) is 23.9 Å². The number of esters is 1. The molecule has 0 aromatic heterocycles. The molecule has 132 valence electrons. The highest BCUT2D eigenvalue weighted by Gasteiger charge is 2.38. The Labute approximate surface area is 143 Å². The highest BCUT2D eigenvalue weighted by molar-refractivity contribution is 5.76. The molecule has 0 aliphatic carbocycles. The molecule has 1 aliphatic rings. The van der Waals surface area contributed by atoms with E-state index in [2.05, 4.69) is 0 Å². The fraction of sp³-hybridized carbons (Fsp3) is 0.579. The number of piperidine rings is 1. The van der Waals surface area contributed by atoms with Crippen LogP contribution in [0.5, 0.6) is 0 Å². The summed E-state index contributed by atoms with van der Waals surface area (Å²) in [5.41, 5.74) is 0.562. The van der Waals surface area contributed by atoms with Crippen molar-refractivity contribution in [1.82, 2.24) is 4.90 Å². The second kappa shape index (κ2) is 7.69. The molecule has 1 amide bonds. The fourth-order valence-corrected chi connectivity index (χ4v) is 3.03. The van der Waals surface area contributed by atoms with Gasteiger partial charge in [0.05, 0.1) is 12.5 Å². The topological polar surface area (TPSA) is 55.8 Å². The first-order valence-electron chi connectivity index (χ1n) is 8.51. The van der Waals surface area contributed by atoms with Crippen LogP contribution in [0.2, 0.25) is 0 Å². The first kappa shape index (κ1) is 18.3. The molecule has 0 bridgehead atoms. The number of hydrogen-bond acceptors (Lipinski definition) is 4. The van der Waals surface area contributed by atoms with E-state index in [4.69, 9.17) is 9.47 Å². The lowest BCUT2D eigenvalue weighted by Crippen LogP contribution is -2.47. The van der Waals surface area contributed by atoms with Crippen LogP contribution in [-0.4, -0.2) is 42.3 Å². The van der Waals surface area contributed by atoms with E-state index >= 15 is 0 Å². The fourth-order valence-electron chi connectivity index (χ4n) is 3.03. The zero-order valence-corrected chi connectivity index (χ0v) is 15.0. The molecule has 1 fully saturated rings. The summed E-state index contributed by atoms with van der Waals surface area (Å²) < 4.78 is 10.7. The highest BCUT2D eigenvalue weighted by Crippen LogP contribution is 2.34. The Morgan fingerprint density at radius 3 is 2.46 bits per heavy atom. The zero-order chi connectivity index (χ0) is 17.7. The molecule has 0 unspecified atom stereocenters. The summed E-state index contributed by atoms with van der Waals surface area (Å²) in [5.74, 6) is -0.558. The number of ether oxygens (including phenoxy) is 2. The number of benzene rings is 1. The Morgan fingerprint density at radius 1 is 1.21 bits per heavy atom. The molecule has 1 heterocycles. The summed E-state index contributed by atoms with van der Waals surface area (Å²) in [7, 11) is 0. The minimum atomic E-state index is -0.549. The van der Waals surface area contributed by atoms with Crippen LogP contribution in [0.1, 0.15) is 45.6 Å². The summed E-state index contributed by atoms with van der Waals surface area (Å²) >= 11 is 0. The molecule has 5 nitrogen and oxygen atoms in total. The average Bonchev–Trinajstić information content (AvgIpc) is 2.54. The number of nitrogens with zero attached hydrogens (tertiary/aromatic N) is 1. The summed E-state index contributed by atoms with van der Waals surface area (Å²) in [5, 5.41) is 0. The van der Waals surface area contributed by atoms with E-state index in [1.807, 2.05) is 51.1 Å². The van der Waals surface area contributed by atoms with Crippen molar-refractivity contribution in [2.24, 2.45) is 5.92 Å². The van der Waals surface area contributed by atoms with Crippen LogP contribution < -0.4 is 0 Å². The molecule has 1 saturated heterocycles. The normalized spacial score (nSPS) is 21.2. The average molecular weight is 333 g/mol. The first-order valence-corrected chi connectivity index (χ1v) is 8.51. The maximum absolute atomic E-state index is 12.4. The van der Waals surface area contributed by atoms with Crippen molar-refractivity contribution in [2.45, 2.75) is 45.6 Å². The Balaban J connectivity index is 2.16. The van der Waals surface area contributed by atoms with Crippen molar-refractivity contribution in [3.8, 4) is 0 Å². The standard InChI is InChI=1S/C19H27NO4/c1-5-23-17(21)16-13-20(18(22)24-19(2,3)4)12-11-15(16)14-9-7-6-8-10-14/h6-10,15-16H,5,11-13H2,1-4H3/t15-,16-/m0/s1. The molecule has 24 heavy (non-hydrogen) atoms. The monoisotopic (exact) mass is 333 g/mol. The molecular formula is C19H27NO4. The summed E-state index contributed by atoms with van der Waals surface area (Å²) in [6.45, 7) is 8.55. The van der Waals surface area contributed by atoms with Gasteiger partial charge in [0.2, 0.25) is 0 Å². The summed E-state index contributed by atoms with van der Waals surface area (Å²) in [4.78, 5) is 26.4. The van der Waals surface area contributed by atoms with Crippen LogP contribution >= 0.6 is 0 Å². The van der Waals surface area contributed by atoms with Crippen LogP contribution in [0.25, 0.3) is 0 Å². The van der Waals surface area contributed by atoms with Gasteiger partial charge in [-0.15, -0.1) is 0 Å². The molecule has 1 aromatic rings. The van der Waals surface area contributed by atoms with Crippen molar-refractivity contribution in [3.63, 3.8) is 0 Å². The van der Waals surface area contributed by atoms with Crippen LogP contribution in [0, 0.1) is 5.92 Å². The quantitative estimate of drug-likeness (QED) is 0.793. The number of amides is 1. The van der Waals surface area contributed by atoms with Crippen LogP contribution in [0.4, 0.5) is 4.79 Å². The Bertz CT molecular complexity index is 564. The molecule has 2 rings (SSSR count). The van der Waals surface area contributed by atoms with Crippen molar-refractivity contribution in [1.29, 1.82) is 0 Å². The molecule has 0 saturated carbocycles. The molecule has 2 atom stereocenters. The van der Waals surface area contributed by atoms with Gasteiger partial charge in [-0.1, -0.05) is 30.3 Å². The first-order chi connectivity index (χ1) is 11.3. The zero-order valence-electron chi connectivity index (χ0n) is 15.0. The molecule has 0 N–H and O–H groups in total. The van der Waals surface area contributed by atoms with Crippen LogP contribution in [0.3, 0.4) is 0 Å². The van der Waals surface area contributed by atoms with E-state index in [0.717, 1.165) is 5.56 Å². The molecule has 0 spiro atoms. The number of carbonyl (C=O) groups excluding carboxylic acids is 2. The molecule has 0 radical (unpaired) electrons. The Hall–Kier alpha value is -2.04. The lowest BCUT2D eigenvalue weighted by Gasteiger charge is -2.38. The molecule has 1 aliphatic heterocycles. The van der Waals surface area contributed by atoms with Crippen molar-refractivity contribution in [2.75, 3.05) is 19.7 Å². The van der Waals surface area contributed by atoms with Gasteiger partial charge in [-0.25, -0.2) is 4.79 Å². The van der Waals surface area contributed by atoms with Crippen LogP contribution in [0.15, 0.2) is 30.3 Å². The van der Waals surface area contributed by atoms with Gasteiger partial charge in [-0.05, 0) is 39.7 Å². The van der Waals surface area contributed by atoms with Crippen molar-refractivity contribution in [3.05, 3.63) is 35.9 Å². The van der Waals surface area contributed by atoms with Gasteiger partial charge in [0.15, 0.2) is 0 Å². The molecule has 1 aromatic carbocycles. The lowest BCUT2D eigenvalue weighted by molar-refractivity contribution is -0.150. The predicted molar refractivity (Wildman–Crippen MR) is 91.7 cm³/mol. The van der Waals surface area contributed by atoms with Gasteiger partial charge in [0.25, 0.3) is 0 Å². The molecule has 5 heteroatoms. The predicted octanol–water partition coefficient (Wildman–Crippen LogP) is 3.59. The van der Waals surface area contributed by atoms with E-state index in [1.165, 1.54) is 0 Å². The Kier molecular flexibility index (Phi) is 5.86. The lowest BCUT2D eigenvalue weighted by atomic mass is 9.80. The third kappa shape index (κ3) is 4.73. The van der Waals surface area contributed by atoms with Gasteiger partial charge in [-0.2, -0.15) is 0 Å². The second-order valence-electron chi connectivity index (χ2n) is 7.09. The summed E-state index contributed by atoms with van der Waals surface area (Å²) in [6, 6.07) is 9.95. The minimum absolute atomic E-state index is 0.0592. The summed E-state index contributed by atoms with van der Waals surface area (Å²) in [6.07, 6.45) is 0.343. The second-order valence-corrected chi connectivity index (χ2v) is 7.09. The number of likely N-dealkylation sites (tertiary alicyclic amines) is 1. The largest absolute Gasteiger partial charge is 0.466 e. The van der Waals surface area contributed by atoms with Gasteiger partial charge < -0.3 is 14.4 Å². The number of hydrogen-bond donors (Lipinski definition) is 0. The smallest absolute Gasteiger partial charge is 0.410 e. The van der Waals surface area contributed by atoms with Crippen molar-refractivity contribution >= 4 is 12.1 Å². The van der Waals surface area contributed by atoms with Gasteiger partial charge >= 0.3 is 12.1 Å². The third-order valence-corrected chi connectivity index (χ3v) is 4.08.